The van der Waals surface area contributed by atoms with Gasteiger partial charge < -0.3 is 5.32 Å². The molecular weight excluding hydrogens is 408 g/mol. The van der Waals surface area contributed by atoms with E-state index in [1.165, 1.54) is 0 Å². The monoisotopic (exact) mass is 429 g/mol. The zero-order valence-electron chi connectivity index (χ0n) is 16.2. The molecular formula is C22H21F2N3O2S. The van der Waals surface area contributed by atoms with Crippen molar-refractivity contribution in [2.75, 3.05) is 11.1 Å². The van der Waals surface area contributed by atoms with Crippen molar-refractivity contribution in [2.24, 2.45) is 0 Å². The summed E-state index contributed by atoms with van der Waals surface area (Å²) in [5, 5.41) is 3.54. The number of carbonyl (C=O) groups is 1. The molecule has 0 bridgehead atoms. The summed E-state index contributed by atoms with van der Waals surface area (Å²) in [4.78, 5) is 30.2. The molecule has 3 aromatic rings. The van der Waals surface area contributed by atoms with E-state index in [0.717, 1.165) is 62.1 Å². The van der Waals surface area contributed by atoms with Crippen LogP contribution >= 0.6 is 11.8 Å². The van der Waals surface area contributed by atoms with Crippen LogP contribution < -0.4 is 10.9 Å². The number of hydrogen-bond acceptors (Lipinski definition) is 4. The molecule has 1 saturated carbocycles. The van der Waals surface area contributed by atoms with Crippen LogP contribution in [-0.4, -0.2) is 21.2 Å². The molecule has 0 spiro atoms. The molecule has 1 aromatic heterocycles. The number of hydrogen-bond donors (Lipinski definition) is 1. The summed E-state index contributed by atoms with van der Waals surface area (Å²) >= 11 is 1.16. The van der Waals surface area contributed by atoms with E-state index in [2.05, 4.69) is 10.3 Å². The number of para-hydroxylation sites is 1. The number of benzene rings is 2. The Morgan fingerprint density at radius 1 is 1.10 bits per heavy atom. The van der Waals surface area contributed by atoms with Crippen LogP contribution in [0.5, 0.6) is 0 Å². The maximum absolute atomic E-state index is 13.3. The largest absolute Gasteiger partial charge is 0.325 e. The predicted molar refractivity (Wildman–Crippen MR) is 114 cm³/mol. The van der Waals surface area contributed by atoms with E-state index in [9.17, 15) is 18.4 Å². The second-order valence-corrected chi connectivity index (χ2v) is 8.32. The number of nitrogens with zero attached hydrogens (tertiary/aromatic N) is 2. The fourth-order valence-electron chi connectivity index (χ4n) is 3.84. The summed E-state index contributed by atoms with van der Waals surface area (Å²) < 4.78 is 28.4. The molecule has 1 aliphatic carbocycles. The van der Waals surface area contributed by atoms with Crippen molar-refractivity contribution in [3.63, 3.8) is 0 Å². The van der Waals surface area contributed by atoms with Crippen molar-refractivity contribution in [3.05, 3.63) is 64.5 Å². The van der Waals surface area contributed by atoms with Gasteiger partial charge in [0.05, 0.1) is 16.7 Å². The van der Waals surface area contributed by atoms with Gasteiger partial charge in [-0.3, -0.25) is 14.2 Å². The predicted octanol–water partition coefficient (Wildman–Crippen LogP) is 4.91. The van der Waals surface area contributed by atoms with Gasteiger partial charge in [-0.15, -0.1) is 0 Å². The van der Waals surface area contributed by atoms with Crippen LogP contribution in [0.25, 0.3) is 10.9 Å². The van der Waals surface area contributed by atoms with Crippen LogP contribution in [0, 0.1) is 11.6 Å². The smallest absolute Gasteiger partial charge is 0.262 e. The highest BCUT2D eigenvalue weighted by Gasteiger charge is 2.22. The lowest BCUT2D eigenvalue weighted by atomic mass is 9.95. The number of anilines is 1. The zero-order valence-corrected chi connectivity index (χ0v) is 17.1. The van der Waals surface area contributed by atoms with Crippen LogP contribution in [0.15, 0.2) is 52.4 Å². The molecule has 1 heterocycles. The molecule has 0 radical (unpaired) electrons. The molecule has 8 heteroatoms. The Bertz CT molecular complexity index is 1120. The summed E-state index contributed by atoms with van der Waals surface area (Å²) in [5.41, 5.74) is 0.543. The molecule has 0 saturated heterocycles. The van der Waals surface area contributed by atoms with Gasteiger partial charge in [-0.1, -0.05) is 43.2 Å². The summed E-state index contributed by atoms with van der Waals surface area (Å²) in [7, 11) is 0. The van der Waals surface area contributed by atoms with Gasteiger partial charge in [0, 0.05) is 17.8 Å². The van der Waals surface area contributed by atoms with Crippen molar-refractivity contribution in [3.8, 4) is 0 Å². The van der Waals surface area contributed by atoms with Gasteiger partial charge in [0.2, 0.25) is 5.91 Å². The summed E-state index contributed by atoms with van der Waals surface area (Å²) in [6, 6.07) is 10.1. The molecule has 1 fully saturated rings. The lowest BCUT2D eigenvalue weighted by Gasteiger charge is -2.26. The first-order chi connectivity index (χ1) is 14.5. The van der Waals surface area contributed by atoms with E-state index in [1.807, 2.05) is 12.1 Å². The average molecular weight is 429 g/mol. The highest BCUT2D eigenvalue weighted by Crippen LogP contribution is 2.31. The van der Waals surface area contributed by atoms with Gasteiger partial charge in [-0.25, -0.2) is 13.8 Å². The fraction of sp³-hybridized carbons (Fsp3) is 0.318. The van der Waals surface area contributed by atoms with E-state index >= 15 is 0 Å². The third kappa shape index (κ3) is 4.53. The molecule has 0 aliphatic heterocycles. The van der Waals surface area contributed by atoms with Gasteiger partial charge in [0.25, 0.3) is 5.56 Å². The minimum absolute atomic E-state index is 0.0321. The number of rotatable bonds is 5. The fourth-order valence-corrected chi connectivity index (χ4v) is 4.71. The molecule has 1 aliphatic rings. The molecule has 156 valence electrons. The molecule has 1 N–H and O–H groups in total. The number of carbonyl (C=O) groups excluding carboxylic acids is 1. The molecule has 30 heavy (non-hydrogen) atoms. The Balaban J connectivity index is 1.59. The van der Waals surface area contributed by atoms with E-state index in [-0.39, 0.29) is 23.0 Å². The quantitative estimate of drug-likeness (QED) is 0.462. The van der Waals surface area contributed by atoms with Crippen LogP contribution in [0.4, 0.5) is 14.5 Å². The minimum atomic E-state index is -0.764. The van der Waals surface area contributed by atoms with E-state index in [0.29, 0.717) is 16.1 Å². The van der Waals surface area contributed by atoms with Crippen LogP contribution in [0.2, 0.25) is 0 Å². The molecule has 2 aromatic carbocycles. The maximum Gasteiger partial charge on any atom is 0.262 e. The second kappa shape index (κ2) is 8.95. The van der Waals surface area contributed by atoms with Crippen molar-refractivity contribution in [1.82, 2.24) is 9.55 Å². The van der Waals surface area contributed by atoms with Crippen molar-refractivity contribution < 1.29 is 13.6 Å². The van der Waals surface area contributed by atoms with E-state index in [1.54, 1.807) is 16.7 Å². The maximum atomic E-state index is 13.3. The normalized spacial score (nSPS) is 14.7. The third-order valence-electron chi connectivity index (χ3n) is 5.19. The van der Waals surface area contributed by atoms with Gasteiger partial charge in [0.15, 0.2) is 5.16 Å². The van der Waals surface area contributed by atoms with E-state index < -0.39 is 17.5 Å². The first kappa shape index (κ1) is 20.5. The molecule has 0 atom stereocenters. The van der Waals surface area contributed by atoms with Crippen LogP contribution in [0.3, 0.4) is 0 Å². The number of halogens is 2. The Morgan fingerprint density at radius 2 is 1.80 bits per heavy atom. The average Bonchev–Trinajstić information content (AvgIpc) is 2.72. The van der Waals surface area contributed by atoms with Crippen molar-refractivity contribution in [1.29, 1.82) is 0 Å². The highest BCUT2D eigenvalue weighted by atomic mass is 32.2. The highest BCUT2D eigenvalue weighted by molar-refractivity contribution is 7.99. The standard InChI is InChI=1S/C22H21F2N3O2S/c23-14-10-15(24)12-16(11-14)25-20(28)13-30-22-26-19-9-5-4-8-18(19)21(29)27(22)17-6-2-1-3-7-17/h4-5,8-12,17H,1-3,6-7,13H2,(H,25,28). The summed E-state index contributed by atoms with van der Waals surface area (Å²) in [6.07, 6.45) is 5.07. The Morgan fingerprint density at radius 3 is 2.53 bits per heavy atom. The van der Waals surface area contributed by atoms with Gasteiger partial charge >= 0.3 is 0 Å². The lowest BCUT2D eigenvalue weighted by Crippen LogP contribution is -2.29. The van der Waals surface area contributed by atoms with Crippen LogP contribution in [0.1, 0.15) is 38.1 Å². The Labute approximate surface area is 176 Å². The van der Waals surface area contributed by atoms with Crippen LogP contribution in [-0.2, 0) is 4.79 Å². The zero-order chi connectivity index (χ0) is 21.1. The number of aromatic nitrogens is 2. The number of amides is 1. The van der Waals surface area contributed by atoms with Crippen molar-refractivity contribution >= 4 is 34.3 Å². The Hall–Kier alpha value is -2.74. The SMILES string of the molecule is O=C(CSc1nc2ccccc2c(=O)n1C1CCCCC1)Nc1cc(F)cc(F)c1. The van der Waals surface area contributed by atoms with Crippen molar-refractivity contribution in [2.45, 2.75) is 43.3 Å². The number of nitrogens with one attached hydrogen (secondary N) is 1. The van der Waals surface area contributed by atoms with Gasteiger partial charge in [-0.05, 0) is 37.1 Å². The van der Waals surface area contributed by atoms with Gasteiger partial charge in [0.1, 0.15) is 11.6 Å². The number of thioether (sulfide) groups is 1. The second-order valence-electron chi connectivity index (χ2n) is 7.37. The third-order valence-corrected chi connectivity index (χ3v) is 6.15. The lowest BCUT2D eigenvalue weighted by molar-refractivity contribution is -0.113. The molecule has 1 amide bonds. The van der Waals surface area contributed by atoms with E-state index in [4.69, 9.17) is 0 Å². The first-order valence-corrected chi connectivity index (χ1v) is 10.9. The number of fused-ring (bicyclic) bond motifs is 1. The topological polar surface area (TPSA) is 64.0 Å². The molecule has 5 nitrogen and oxygen atoms in total. The minimum Gasteiger partial charge on any atom is -0.325 e. The Kier molecular flexibility index (Phi) is 6.13. The first-order valence-electron chi connectivity index (χ1n) is 9.91. The molecule has 0 unspecified atom stereocenters. The summed E-state index contributed by atoms with van der Waals surface area (Å²) in [6.45, 7) is 0. The van der Waals surface area contributed by atoms with Gasteiger partial charge in [-0.2, -0.15) is 0 Å². The summed E-state index contributed by atoms with van der Waals surface area (Å²) in [5.74, 6) is -1.99. The molecule has 4 rings (SSSR count).